The number of phenolic OH excluding ortho intramolecular Hbond substituents is 1. The van der Waals surface area contributed by atoms with Gasteiger partial charge in [-0.3, -0.25) is 4.79 Å². The van der Waals surface area contributed by atoms with Crippen molar-refractivity contribution >= 4 is 27.5 Å². The number of carbonyl (C=O) groups excluding carboxylic acids is 1. The van der Waals surface area contributed by atoms with Crippen molar-refractivity contribution in [2.75, 3.05) is 5.32 Å². The molecule has 0 atom stereocenters. The van der Waals surface area contributed by atoms with E-state index in [2.05, 4.69) is 21.2 Å². The molecule has 0 aliphatic carbocycles. The lowest BCUT2D eigenvalue weighted by atomic mass is 10.1. The SMILES string of the molecule is Cc1cccc(NC(=O)c2ccc(F)cc2O)c1Br. The molecular weight excluding hydrogens is 313 g/mol. The van der Waals surface area contributed by atoms with Crippen LogP contribution in [-0.4, -0.2) is 11.0 Å². The maximum Gasteiger partial charge on any atom is 0.259 e. The normalized spacial score (nSPS) is 10.3. The van der Waals surface area contributed by atoms with Crippen molar-refractivity contribution < 1.29 is 14.3 Å². The summed E-state index contributed by atoms with van der Waals surface area (Å²) < 4.78 is 13.6. The lowest BCUT2D eigenvalue weighted by molar-refractivity contribution is 0.102. The summed E-state index contributed by atoms with van der Waals surface area (Å²) in [6.45, 7) is 1.90. The van der Waals surface area contributed by atoms with E-state index in [0.717, 1.165) is 22.2 Å². The summed E-state index contributed by atoms with van der Waals surface area (Å²) in [4.78, 5) is 12.0. The van der Waals surface area contributed by atoms with E-state index in [4.69, 9.17) is 0 Å². The molecule has 0 bridgehead atoms. The van der Waals surface area contributed by atoms with Gasteiger partial charge in [-0.1, -0.05) is 12.1 Å². The van der Waals surface area contributed by atoms with Crippen LogP contribution in [0.15, 0.2) is 40.9 Å². The van der Waals surface area contributed by atoms with Gasteiger partial charge in [0.05, 0.1) is 11.3 Å². The summed E-state index contributed by atoms with van der Waals surface area (Å²) in [7, 11) is 0. The molecular formula is C14H11BrFNO2. The topological polar surface area (TPSA) is 49.3 Å². The summed E-state index contributed by atoms with van der Waals surface area (Å²) in [5.41, 5.74) is 1.59. The van der Waals surface area contributed by atoms with Crippen molar-refractivity contribution in [3.8, 4) is 5.75 Å². The molecule has 0 heterocycles. The Morgan fingerprint density at radius 1 is 1.32 bits per heavy atom. The van der Waals surface area contributed by atoms with Gasteiger partial charge < -0.3 is 10.4 Å². The number of carbonyl (C=O) groups is 1. The summed E-state index contributed by atoms with van der Waals surface area (Å²) in [5.74, 6) is -1.48. The van der Waals surface area contributed by atoms with Crippen molar-refractivity contribution in [3.63, 3.8) is 0 Å². The second kappa shape index (κ2) is 5.40. The highest BCUT2D eigenvalue weighted by molar-refractivity contribution is 9.10. The average Bonchev–Trinajstić information content (AvgIpc) is 2.34. The Bertz CT molecular complexity index is 643. The smallest absolute Gasteiger partial charge is 0.259 e. The highest BCUT2D eigenvalue weighted by Crippen LogP contribution is 2.27. The standard InChI is InChI=1S/C14H11BrFNO2/c1-8-3-2-4-11(13(8)15)17-14(19)10-6-5-9(16)7-12(10)18/h2-7,18H,1H3,(H,17,19). The van der Waals surface area contributed by atoms with Gasteiger partial charge in [-0.05, 0) is 46.6 Å². The summed E-state index contributed by atoms with van der Waals surface area (Å²) in [6, 6.07) is 8.70. The number of aryl methyl sites for hydroxylation is 1. The Morgan fingerprint density at radius 3 is 2.74 bits per heavy atom. The number of hydrogen-bond donors (Lipinski definition) is 2. The monoisotopic (exact) mass is 323 g/mol. The fourth-order valence-electron chi connectivity index (χ4n) is 1.63. The number of hydrogen-bond acceptors (Lipinski definition) is 2. The van der Waals surface area contributed by atoms with Gasteiger partial charge >= 0.3 is 0 Å². The van der Waals surface area contributed by atoms with E-state index in [1.165, 1.54) is 6.07 Å². The van der Waals surface area contributed by atoms with E-state index in [-0.39, 0.29) is 11.3 Å². The van der Waals surface area contributed by atoms with Crippen LogP contribution in [0.2, 0.25) is 0 Å². The van der Waals surface area contributed by atoms with Crippen molar-refractivity contribution in [2.24, 2.45) is 0 Å². The fraction of sp³-hybridized carbons (Fsp3) is 0.0714. The van der Waals surface area contributed by atoms with Crippen LogP contribution in [0.4, 0.5) is 10.1 Å². The van der Waals surface area contributed by atoms with Crippen LogP contribution in [0.5, 0.6) is 5.75 Å². The summed E-state index contributed by atoms with van der Waals surface area (Å²) in [5, 5.41) is 12.2. The second-order valence-corrected chi connectivity index (χ2v) is 4.85. The molecule has 0 aromatic heterocycles. The largest absolute Gasteiger partial charge is 0.507 e. The maximum absolute atomic E-state index is 12.9. The van der Waals surface area contributed by atoms with Gasteiger partial charge in [0.25, 0.3) is 5.91 Å². The number of anilines is 1. The predicted octanol–water partition coefficient (Wildman–Crippen LogP) is 3.85. The zero-order valence-corrected chi connectivity index (χ0v) is 11.7. The Balaban J connectivity index is 2.28. The molecule has 2 aromatic rings. The summed E-state index contributed by atoms with van der Waals surface area (Å²) in [6.07, 6.45) is 0. The first kappa shape index (κ1) is 13.5. The molecule has 19 heavy (non-hydrogen) atoms. The third kappa shape index (κ3) is 2.93. The van der Waals surface area contributed by atoms with Crippen LogP contribution >= 0.6 is 15.9 Å². The van der Waals surface area contributed by atoms with Crippen LogP contribution in [-0.2, 0) is 0 Å². The minimum Gasteiger partial charge on any atom is -0.507 e. The number of halogens is 2. The minimum absolute atomic E-state index is 0.0230. The van der Waals surface area contributed by atoms with Crippen LogP contribution in [0, 0.1) is 12.7 Å². The zero-order valence-electron chi connectivity index (χ0n) is 10.1. The molecule has 0 aliphatic rings. The molecule has 0 saturated heterocycles. The molecule has 0 fully saturated rings. The number of amides is 1. The Labute approximate surface area is 118 Å². The van der Waals surface area contributed by atoms with E-state index < -0.39 is 11.7 Å². The molecule has 98 valence electrons. The highest BCUT2D eigenvalue weighted by Gasteiger charge is 2.13. The first-order chi connectivity index (χ1) is 8.99. The Morgan fingerprint density at radius 2 is 2.05 bits per heavy atom. The number of phenols is 1. The van der Waals surface area contributed by atoms with Gasteiger partial charge in [0, 0.05) is 10.5 Å². The Kier molecular flexibility index (Phi) is 3.85. The third-order valence-electron chi connectivity index (χ3n) is 2.64. The number of benzene rings is 2. The van der Waals surface area contributed by atoms with Crippen molar-refractivity contribution in [1.82, 2.24) is 0 Å². The van der Waals surface area contributed by atoms with E-state index >= 15 is 0 Å². The van der Waals surface area contributed by atoms with Gasteiger partial charge in [0.2, 0.25) is 0 Å². The van der Waals surface area contributed by atoms with Crippen LogP contribution in [0.25, 0.3) is 0 Å². The Hall–Kier alpha value is -1.88. The molecule has 0 spiro atoms. The molecule has 5 heteroatoms. The maximum atomic E-state index is 12.9. The first-order valence-electron chi connectivity index (χ1n) is 5.54. The quantitative estimate of drug-likeness (QED) is 0.881. The van der Waals surface area contributed by atoms with Gasteiger partial charge in [0.15, 0.2) is 0 Å². The number of aromatic hydroxyl groups is 1. The van der Waals surface area contributed by atoms with E-state index in [1.807, 2.05) is 13.0 Å². The molecule has 2 rings (SSSR count). The fourth-order valence-corrected chi connectivity index (χ4v) is 1.99. The average molecular weight is 324 g/mol. The van der Waals surface area contributed by atoms with Gasteiger partial charge in [-0.2, -0.15) is 0 Å². The van der Waals surface area contributed by atoms with E-state index in [0.29, 0.717) is 5.69 Å². The lowest BCUT2D eigenvalue weighted by Crippen LogP contribution is -2.12. The van der Waals surface area contributed by atoms with Gasteiger partial charge in [-0.15, -0.1) is 0 Å². The predicted molar refractivity (Wildman–Crippen MR) is 74.9 cm³/mol. The minimum atomic E-state index is -0.592. The molecule has 3 nitrogen and oxygen atoms in total. The molecule has 1 amide bonds. The van der Waals surface area contributed by atoms with Gasteiger partial charge in [0.1, 0.15) is 11.6 Å². The van der Waals surface area contributed by atoms with E-state index in [9.17, 15) is 14.3 Å². The van der Waals surface area contributed by atoms with Crippen molar-refractivity contribution in [2.45, 2.75) is 6.92 Å². The lowest BCUT2D eigenvalue weighted by Gasteiger charge is -2.10. The van der Waals surface area contributed by atoms with Crippen LogP contribution in [0.3, 0.4) is 0 Å². The van der Waals surface area contributed by atoms with Crippen molar-refractivity contribution in [1.29, 1.82) is 0 Å². The van der Waals surface area contributed by atoms with Crippen LogP contribution in [0.1, 0.15) is 15.9 Å². The first-order valence-corrected chi connectivity index (χ1v) is 6.33. The molecule has 0 aliphatic heterocycles. The summed E-state index contributed by atoms with van der Waals surface area (Å²) >= 11 is 3.37. The molecule has 0 radical (unpaired) electrons. The number of rotatable bonds is 2. The zero-order chi connectivity index (χ0) is 14.0. The highest BCUT2D eigenvalue weighted by atomic mass is 79.9. The van der Waals surface area contributed by atoms with E-state index in [1.54, 1.807) is 12.1 Å². The molecule has 2 aromatic carbocycles. The van der Waals surface area contributed by atoms with Gasteiger partial charge in [-0.25, -0.2) is 4.39 Å². The second-order valence-electron chi connectivity index (χ2n) is 4.05. The number of nitrogens with one attached hydrogen (secondary N) is 1. The molecule has 2 N–H and O–H groups in total. The molecule has 0 saturated carbocycles. The third-order valence-corrected chi connectivity index (χ3v) is 3.70. The van der Waals surface area contributed by atoms with Crippen molar-refractivity contribution in [3.05, 3.63) is 57.8 Å². The molecule has 0 unspecified atom stereocenters. The van der Waals surface area contributed by atoms with Crippen LogP contribution < -0.4 is 5.32 Å².